The van der Waals surface area contributed by atoms with Crippen molar-refractivity contribution in [3.8, 4) is 0 Å². The minimum atomic E-state index is -0.199. The summed E-state index contributed by atoms with van der Waals surface area (Å²) >= 11 is 0. The zero-order chi connectivity index (χ0) is 18.5. The van der Waals surface area contributed by atoms with Crippen molar-refractivity contribution in [3.05, 3.63) is 29.8 Å². The average Bonchev–Trinajstić information content (AvgIpc) is 2.57. The van der Waals surface area contributed by atoms with E-state index in [1.165, 1.54) is 0 Å². The van der Waals surface area contributed by atoms with Gasteiger partial charge in [0.15, 0.2) is 5.96 Å². The molecule has 0 radical (unpaired) electrons. The van der Waals surface area contributed by atoms with Gasteiger partial charge in [0, 0.05) is 38.5 Å². The average molecular weight is 477 g/mol. The molecule has 0 aliphatic carbocycles. The third-order valence-electron chi connectivity index (χ3n) is 3.21. The Morgan fingerprint density at radius 2 is 1.88 bits per heavy atom. The molecule has 1 rings (SSSR count). The van der Waals surface area contributed by atoms with Gasteiger partial charge in [0.1, 0.15) is 0 Å². The monoisotopic (exact) mass is 477 g/mol. The highest BCUT2D eigenvalue weighted by Gasteiger charge is 2.03. The number of nitrogens with zero attached hydrogens (tertiary/aromatic N) is 1. The molecule has 0 heterocycles. The van der Waals surface area contributed by atoms with Crippen molar-refractivity contribution in [2.24, 2.45) is 4.99 Å². The zero-order valence-electron chi connectivity index (χ0n) is 16.1. The molecule has 0 spiro atoms. The number of guanidine groups is 1. The number of methoxy groups -OCH3 is 1. The Kier molecular flexibility index (Phi) is 13.7. The number of urea groups is 1. The standard InChI is InChI=1S/C18H31N5O2.HI/c1-5-19-17(20-11-6-12-25-4)21-13-15-7-9-16(10-8-15)23-18(24)22-14(2)3;/h7-10,14H,5-6,11-13H2,1-4H3,(H2,19,20,21)(H2,22,23,24);1H. The van der Waals surface area contributed by atoms with Crippen molar-refractivity contribution in [1.29, 1.82) is 0 Å². The van der Waals surface area contributed by atoms with Gasteiger partial charge in [0.05, 0.1) is 6.54 Å². The summed E-state index contributed by atoms with van der Waals surface area (Å²) in [6.07, 6.45) is 0.930. The van der Waals surface area contributed by atoms with E-state index in [2.05, 4.69) is 26.3 Å². The lowest BCUT2D eigenvalue weighted by Crippen LogP contribution is -2.38. The van der Waals surface area contributed by atoms with Crippen LogP contribution in [0.15, 0.2) is 29.3 Å². The molecule has 0 bridgehead atoms. The lowest BCUT2D eigenvalue weighted by molar-refractivity contribution is 0.195. The minimum Gasteiger partial charge on any atom is -0.385 e. The number of benzene rings is 1. The SMILES string of the molecule is CCNC(=NCc1ccc(NC(=O)NC(C)C)cc1)NCCCOC.I. The number of anilines is 1. The fraction of sp³-hybridized carbons (Fsp3) is 0.556. The number of hydrogen-bond donors (Lipinski definition) is 4. The van der Waals surface area contributed by atoms with E-state index in [-0.39, 0.29) is 36.0 Å². The van der Waals surface area contributed by atoms with Crippen LogP contribution in [-0.2, 0) is 11.3 Å². The fourth-order valence-electron chi connectivity index (χ4n) is 2.06. The molecule has 1 aromatic rings. The van der Waals surface area contributed by atoms with Crippen LogP contribution in [0.4, 0.5) is 10.5 Å². The molecular weight excluding hydrogens is 445 g/mol. The first-order chi connectivity index (χ1) is 12.0. The quantitative estimate of drug-likeness (QED) is 0.191. The predicted octanol–water partition coefficient (Wildman–Crippen LogP) is 2.93. The van der Waals surface area contributed by atoms with Crippen LogP contribution in [-0.4, -0.2) is 44.8 Å². The molecule has 0 aromatic heterocycles. The van der Waals surface area contributed by atoms with E-state index in [4.69, 9.17) is 4.74 Å². The zero-order valence-corrected chi connectivity index (χ0v) is 18.4. The second-order valence-corrected chi connectivity index (χ2v) is 5.92. The number of hydrogen-bond acceptors (Lipinski definition) is 3. The summed E-state index contributed by atoms with van der Waals surface area (Å²) in [5.41, 5.74) is 1.83. The van der Waals surface area contributed by atoms with Crippen LogP contribution in [0.5, 0.6) is 0 Å². The predicted molar refractivity (Wildman–Crippen MR) is 118 cm³/mol. The third kappa shape index (κ3) is 11.1. The van der Waals surface area contributed by atoms with Crippen molar-refractivity contribution >= 4 is 41.7 Å². The van der Waals surface area contributed by atoms with E-state index in [9.17, 15) is 4.79 Å². The number of carbonyl (C=O) groups excluding carboxylic acids is 1. The molecule has 0 unspecified atom stereocenters. The first-order valence-electron chi connectivity index (χ1n) is 8.72. The summed E-state index contributed by atoms with van der Waals surface area (Å²) in [5, 5.41) is 12.1. The first-order valence-corrected chi connectivity index (χ1v) is 8.72. The van der Waals surface area contributed by atoms with Gasteiger partial charge in [0.25, 0.3) is 0 Å². The highest BCUT2D eigenvalue weighted by Crippen LogP contribution is 2.10. The molecule has 0 fully saturated rings. The van der Waals surface area contributed by atoms with Gasteiger partial charge in [0.2, 0.25) is 0 Å². The van der Waals surface area contributed by atoms with Crippen LogP contribution < -0.4 is 21.3 Å². The molecule has 2 amide bonds. The molecule has 0 aliphatic rings. The summed E-state index contributed by atoms with van der Waals surface area (Å²) in [6.45, 7) is 8.80. The third-order valence-corrected chi connectivity index (χ3v) is 3.21. The summed E-state index contributed by atoms with van der Waals surface area (Å²) < 4.78 is 5.04. The number of rotatable bonds is 9. The van der Waals surface area contributed by atoms with Crippen LogP contribution in [0.2, 0.25) is 0 Å². The lowest BCUT2D eigenvalue weighted by atomic mass is 10.2. The van der Waals surface area contributed by atoms with Gasteiger partial charge in [-0.1, -0.05) is 12.1 Å². The molecule has 26 heavy (non-hydrogen) atoms. The second-order valence-electron chi connectivity index (χ2n) is 5.92. The lowest BCUT2D eigenvalue weighted by Gasteiger charge is -2.12. The first kappa shape index (κ1) is 24.5. The number of amides is 2. The maximum absolute atomic E-state index is 11.7. The van der Waals surface area contributed by atoms with E-state index in [1.807, 2.05) is 45.0 Å². The van der Waals surface area contributed by atoms with E-state index in [1.54, 1.807) is 7.11 Å². The summed E-state index contributed by atoms with van der Waals surface area (Å²) in [6, 6.07) is 7.59. The highest BCUT2D eigenvalue weighted by atomic mass is 127. The molecule has 0 aliphatic heterocycles. The molecule has 1 aromatic carbocycles. The molecule has 7 nitrogen and oxygen atoms in total. The van der Waals surface area contributed by atoms with Gasteiger partial charge in [-0.05, 0) is 44.9 Å². The van der Waals surface area contributed by atoms with Gasteiger partial charge >= 0.3 is 6.03 Å². The summed E-state index contributed by atoms with van der Waals surface area (Å²) in [5.74, 6) is 0.789. The van der Waals surface area contributed by atoms with E-state index in [0.717, 1.165) is 43.3 Å². The number of nitrogens with one attached hydrogen (secondary N) is 4. The maximum Gasteiger partial charge on any atom is 0.319 e. The Morgan fingerprint density at radius 3 is 2.46 bits per heavy atom. The molecule has 8 heteroatoms. The summed E-state index contributed by atoms with van der Waals surface area (Å²) in [4.78, 5) is 16.2. The van der Waals surface area contributed by atoms with Crippen LogP contribution in [0, 0.1) is 0 Å². The molecule has 148 valence electrons. The number of halogens is 1. The van der Waals surface area contributed by atoms with Crippen LogP contribution in [0.3, 0.4) is 0 Å². The molecule has 0 atom stereocenters. The van der Waals surface area contributed by atoms with E-state index >= 15 is 0 Å². The number of carbonyl (C=O) groups is 1. The Bertz CT molecular complexity index is 535. The topological polar surface area (TPSA) is 86.8 Å². The van der Waals surface area contributed by atoms with Crippen LogP contribution in [0.25, 0.3) is 0 Å². The molecule has 0 saturated heterocycles. The maximum atomic E-state index is 11.7. The fourth-order valence-corrected chi connectivity index (χ4v) is 2.06. The normalized spacial score (nSPS) is 10.9. The Balaban J connectivity index is 0.00000625. The molecule has 0 saturated carbocycles. The van der Waals surface area contributed by atoms with Crippen molar-refractivity contribution in [2.45, 2.75) is 39.8 Å². The van der Waals surface area contributed by atoms with Gasteiger partial charge in [-0.25, -0.2) is 9.79 Å². The van der Waals surface area contributed by atoms with Crippen LogP contribution in [0.1, 0.15) is 32.8 Å². The number of ether oxygens (including phenoxy) is 1. The molecular formula is C18H32IN5O2. The highest BCUT2D eigenvalue weighted by molar-refractivity contribution is 14.0. The van der Waals surface area contributed by atoms with Gasteiger partial charge in [-0.2, -0.15) is 0 Å². The van der Waals surface area contributed by atoms with Gasteiger partial charge in [-0.15, -0.1) is 24.0 Å². The van der Waals surface area contributed by atoms with E-state index < -0.39 is 0 Å². The van der Waals surface area contributed by atoms with E-state index in [0.29, 0.717) is 6.54 Å². The van der Waals surface area contributed by atoms with Gasteiger partial charge in [-0.3, -0.25) is 0 Å². The minimum absolute atomic E-state index is 0. The second kappa shape index (κ2) is 14.6. The Morgan fingerprint density at radius 1 is 1.19 bits per heavy atom. The summed E-state index contributed by atoms with van der Waals surface area (Å²) in [7, 11) is 1.70. The smallest absolute Gasteiger partial charge is 0.319 e. The Hall–Kier alpha value is -1.55. The van der Waals surface area contributed by atoms with Crippen molar-refractivity contribution in [3.63, 3.8) is 0 Å². The van der Waals surface area contributed by atoms with Crippen molar-refractivity contribution in [1.82, 2.24) is 16.0 Å². The number of aliphatic imine (C=N–C) groups is 1. The molecule has 4 N–H and O–H groups in total. The van der Waals surface area contributed by atoms with Crippen LogP contribution >= 0.6 is 24.0 Å². The Labute approximate surface area is 173 Å². The largest absolute Gasteiger partial charge is 0.385 e. The van der Waals surface area contributed by atoms with Gasteiger partial charge < -0.3 is 26.0 Å². The van der Waals surface area contributed by atoms with Crippen molar-refractivity contribution in [2.75, 3.05) is 32.1 Å². The van der Waals surface area contributed by atoms with Crippen molar-refractivity contribution < 1.29 is 9.53 Å².